The second-order valence-electron chi connectivity index (χ2n) is 7.62. The number of amides is 1. The molecule has 0 saturated carbocycles. The van der Waals surface area contributed by atoms with Crippen LogP contribution in [0.25, 0.3) is 0 Å². The summed E-state index contributed by atoms with van der Waals surface area (Å²) in [5.74, 6) is 0.252. The highest BCUT2D eigenvalue weighted by atomic mass is 16.6. The monoisotopic (exact) mass is 434 g/mol. The molecule has 4 rings (SSSR count). The van der Waals surface area contributed by atoms with E-state index in [0.717, 1.165) is 16.8 Å². The Morgan fingerprint density at radius 2 is 1.69 bits per heavy atom. The van der Waals surface area contributed by atoms with E-state index in [9.17, 15) is 9.59 Å². The topological polar surface area (TPSA) is 86.6 Å². The fraction of sp³-hybridized carbons (Fsp3) is 0.333. The second-order valence-corrected chi connectivity index (χ2v) is 7.62. The molecule has 0 radical (unpaired) electrons. The lowest BCUT2D eigenvalue weighted by molar-refractivity contribution is -0.143. The molecule has 0 saturated heterocycles. The highest BCUT2D eigenvalue weighted by molar-refractivity contribution is 5.87. The molecule has 1 aliphatic rings. The second kappa shape index (κ2) is 10.6. The zero-order chi connectivity index (χ0) is 22.2. The van der Waals surface area contributed by atoms with E-state index in [2.05, 4.69) is 10.3 Å². The quantitative estimate of drug-likeness (QED) is 0.582. The Morgan fingerprint density at radius 3 is 2.44 bits per heavy atom. The van der Waals surface area contributed by atoms with Crippen LogP contribution in [-0.4, -0.2) is 40.2 Å². The van der Waals surface area contributed by atoms with Gasteiger partial charge in [-0.3, -0.25) is 9.69 Å². The van der Waals surface area contributed by atoms with Crippen LogP contribution in [0.3, 0.4) is 0 Å². The van der Waals surface area contributed by atoms with Gasteiger partial charge in [-0.2, -0.15) is 0 Å². The van der Waals surface area contributed by atoms with Crippen molar-refractivity contribution in [1.29, 1.82) is 0 Å². The van der Waals surface area contributed by atoms with Gasteiger partial charge in [0.2, 0.25) is 0 Å². The van der Waals surface area contributed by atoms with Gasteiger partial charge in [0.1, 0.15) is 6.61 Å². The first-order valence-electron chi connectivity index (χ1n) is 10.8. The number of hydrogen-bond acceptors (Lipinski definition) is 6. The molecule has 32 heavy (non-hydrogen) atoms. The molecule has 0 unspecified atom stereocenters. The summed E-state index contributed by atoms with van der Waals surface area (Å²) in [5.41, 5.74) is 2.79. The third kappa shape index (κ3) is 5.51. The first kappa shape index (κ1) is 21.5. The van der Waals surface area contributed by atoms with Crippen molar-refractivity contribution in [3.8, 4) is 0 Å². The number of carbonyl (C=O) groups is 2. The summed E-state index contributed by atoms with van der Waals surface area (Å²) < 4.78 is 12.6. The largest absolute Gasteiger partial charge is 0.466 e. The van der Waals surface area contributed by atoms with Crippen LogP contribution >= 0.6 is 0 Å². The van der Waals surface area contributed by atoms with Crippen molar-refractivity contribution in [2.75, 3.05) is 18.1 Å². The van der Waals surface area contributed by atoms with Crippen LogP contribution in [0.15, 0.2) is 60.7 Å². The van der Waals surface area contributed by atoms with E-state index >= 15 is 0 Å². The molecule has 3 aromatic rings. The summed E-state index contributed by atoms with van der Waals surface area (Å²) in [6.07, 6.45) is 1.44. The van der Waals surface area contributed by atoms with E-state index in [4.69, 9.17) is 9.47 Å². The summed E-state index contributed by atoms with van der Waals surface area (Å²) in [6.45, 7) is 1.26. The SMILES string of the molecule is O=C1CCCc2c(nnn2Cc2ccccc2)N(C(=O)OCc2ccccc2)CCCO1. The van der Waals surface area contributed by atoms with Crippen LogP contribution in [-0.2, 0) is 33.8 Å². The predicted molar refractivity (Wildman–Crippen MR) is 118 cm³/mol. The minimum Gasteiger partial charge on any atom is -0.466 e. The zero-order valence-electron chi connectivity index (χ0n) is 17.9. The summed E-state index contributed by atoms with van der Waals surface area (Å²) in [7, 11) is 0. The maximum absolute atomic E-state index is 13.0. The molecule has 1 aromatic heterocycles. The molecule has 8 nitrogen and oxygen atoms in total. The van der Waals surface area contributed by atoms with Gasteiger partial charge in [0, 0.05) is 13.0 Å². The van der Waals surface area contributed by atoms with Crippen LogP contribution in [0, 0.1) is 0 Å². The lowest BCUT2D eigenvalue weighted by Gasteiger charge is -2.21. The number of rotatable bonds is 4. The first-order chi connectivity index (χ1) is 15.7. The zero-order valence-corrected chi connectivity index (χ0v) is 17.9. The minimum atomic E-state index is -0.493. The van der Waals surface area contributed by atoms with Crippen LogP contribution < -0.4 is 4.90 Å². The molecule has 0 aliphatic carbocycles. The highest BCUT2D eigenvalue weighted by Gasteiger charge is 2.26. The number of anilines is 1. The number of cyclic esters (lactones) is 1. The summed E-state index contributed by atoms with van der Waals surface area (Å²) in [4.78, 5) is 26.5. The number of benzene rings is 2. The molecular formula is C24H26N4O4. The third-order valence-electron chi connectivity index (χ3n) is 5.26. The standard InChI is InChI=1S/C24H26N4O4/c29-22-14-7-13-21-23(25-26-28(21)17-19-9-3-1-4-10-19)27(15-8-16-31-22)24(30)32-18-20-11-5-2-6-12-20/h1-6,9-12H,7-8,13-18H2. The maximum Gasteiger partial charge on any atom is 0.415 e. The van der Waals surface area contributed by atoms with Gasteiger partial charge >= 0.3 is 12.1 Å². The van der Waals surface area contributed by atoms with E-state index in [-0.39, 0.29) is 19.2 Å². The molecule has 1 aliphatic heterocycles. The Labute approximate surface area is 186 Å². The van der Waals surface area contributed by atoms with Crippen molar-refractivity contribution in [2.45, 2.75) is 38.8 Å². The van der Waals surface area contributed by atoms with E-state index in [1.54, 1.807) is 4.68 Å². The average Bonchev–Trinajstić information content (AvgIpc) is 3.19. The van der Waals surface area contributed by atoms with Crippen molar-refractivity contribution >= 4 is 17.9 Å². The molecule has 0 spiro atoms. The van der Waals surface area contributed by atoms with Crippen LogP contribution in [0.4, 0.5) is 10.6 Å². The van der Waals surface area contributed by atoms with Crippen molar-refractivity contribution < 1.29 is 19.1 Å². The molecule has 2 aromatic carbocycles. The Balaban J connectivity index is 1.59. The molecule has 8 heteroatoms. The lowest BCUT2D eigenvalue weighted by Crippen LogP contribution is -2.34. The van der Waals surface area contributed by atoms with E-state index < -0.39 is 6.09 Å². The molecule has 2 heterocycles. The van der Waals surface area contributed by atoms with Gasteiger partial charge in [-0.05, 0) is 30.4 Å². The summed E-state index contributed by atoms with van der Waals surface area (Å²) in [5, 5.41) is 8.68. The fourth-order valence-corrected chi connectivity index (χ4v) is 3.62. The number of hydrogen-bond donors (Lipinski definition) is 0. The van der Waals surface area contributed by atoms with Gasteiger partial charge in [0.25, 0.3) is 0 Å². The average molecular weight is 434 g/mol. The number of esters is 1. The fourth-order valence-electron chi connectivity index (χ4n) is 3.62. The van der Waals surface area contributed by atoms with Crippen molar-refractivity contribution in [3.63, 3.8) is 0 Å². The number of carbonyl (C=O) groups excluding carboxylic acids is 2. The van der Waals surface area contributed by atoms with Gasteiger partial charge in [0.15, 0.2) is 5.82 Å². The first-order valence-corrected chi connectivity index (χ1v) is 10.8. The number of aromatic nitrogens is 3. The minimum absolute atomic E-state index is 0.165. The van der Waals surface area contributed by atoms with Gasteiger partial charge in [0.05, 0.1) is 18.8 Å². The Bertz CT molecular complexity index is 1040. The van der Waals surface area contributed by atoms with Gasteiger partial charge in [-0.15, -0.1) is 5.10 Å². The number of fused-ring (bicyclic) bond motifs is 1. The normalized spacial score (nSPS) is 14.8. The molecule has 0 fully saturated rings. The molecular weight excluding hydrogens is 408 g/mol. The van der Waals surface area contributed by atoms with Crippen LogP contribution in [0.1, 0.15) is 36.1 Å². The molecule has 1 amide bonds. The van der Waals surface area contributed by atoms with Crippen molar-refractivity contribution in [3.05, 3.63) is 77.5 Å². The Kier molecular flexibility index (Phi) is 7.12. The number of nitrogens with zero attached hydrogens (tertiary/aromatic N) is 4. The van der Waals surface area contributed by atoms with E-state index in [1.807, 2.05) is 60.7 Å². The summed E-state index contributed by atoms with van der Waals surface area (Å²) in [6, 6.07) is 19.5. The van der Waals surface area contributed by atoms with Gasteiger partial charge in [-0.1, -0.05) is 65.9 Å². The molecule has 0 atom stereocenters. The predicted octanol–water partition coefficient (Wildman–Crippen LogP) is 3.74. The Morgan fingerprint density at radius 1 is 0.969 bits per heavy atom. The van der Waals surface area contributed by atoms with Crippen LogP contribution in [0.5, 0.6) is 0 Å². The Hall–Kier alpha value is -3.68. The van der Waals surface area contributed by atoms with Gasteiger partial charge < -0.3 is 9.47 Å². The van der Waals surface area contributed by atoms with E-state index in [1.165, 1.54) is 4.90 Å². The van der Waals surface area contributed by atoms with Crippen molar-refractivity contribution in [2.24, 2.45) is 0 Å². The molecule has 0 N–H and O–H groups in total. The van der Waals surface area contributed by atoms with Crippen LogP contribution in [0.2, 0.25) is 0 Å². The third-order valence-corrected chi connectivity index (χ3v) is 5.26. The van der Waals surface area contributed by atoms with Crippen molar-refractivity contribution in [1.82, 2.24) is 15.0 Å². The van der Waals surface area contributed by atoms with Gasteiger partial charge in [-0.25, -0.2) is 9.48 Å². The highest BCUT2D eigenvalue weighted by Crippen LogP contribution is 2.23. The van der Waals surface area contributed by atoms with E-state index in [0.29, 0.717) is 44.6 Å². The smallest absolute Gasteiger partial charge is 0.415 e. The number of ether oxygens (including phenoxy) is 2. The maximum atomic E-state index is 13.0. The summed E-state index contributed by atoms with van der Waals surface area (Å²) >= 11 is 0. The molecule has 166 valence electrons. The lowest BCUT2D eigenvalue weighted by atomic mass is 10.1. The molecule has 0 bridgehead atoms.